The summed E-state index contributed by atoms with van der Waals surface area (Å²) in [5.41, 5.74) is 6.96. The molecule has 0 unspecified atom stereocenters. The van der Waals surface area contributed by atoms with E-state index in [0.29, 0.717) is 33.6 Å². The number of halogens is 2. The average molecular weight is 653 g/mol. The van der Waals surface area contributed by atoms with E-state index in [9.17, 15) is 23.2 Å². The zero-order chi connectivity index (χ0) is 34.9. The van der Waals surface area contributed by atoms with E-state index >= 15 is 0 Å². The molecule has 0 bridgehead atoms. The molecule has 0 saturated carbocycles. The molecule has 0 atom stereocenters. The lowest BCUT2D eigenvalue weighted by Gasteiger charge is -2.24. The van der Waals surface area contributed by atoms with Gasteiger partial charge in [-0.3, -0.25) is 19.3 Å². The molecule has 0 aliphatic heterocycles. The largest absolute Gasteiger partial charge is 0.355 e. The van der Waals surface area contributed by atoms with Crippen LogP contribution in [0.3, 0.4) is 0 Å². The summed E-state index contributed by atoms with van der Waals surface area (Å²) in [6.45, 7) is 5.27. The van der Waals surface area contributed by atoms with Gasteiger partial charge in [-0.15, -0.1) is 0 Å². The van der Waals surface area contributed by atoms with Crippen molar-refractivity contribution < 1.29 is 23.2 Å². The normalized spacial score (nSPS) is 10.4. The minimum Gasteiger partial charge on any atom is -0.355 e. The summed E-state index contributed by atoms with van der Waals surface area (Å²) in [6, 6.07) is 40.8. The molecule has 0 aliphatic rings. The van der Waals surface area contributed by atoms with Crippen LogP contribution in [-0.4, -0.2) is 17.5 Å². The van der Waals surface area contributed by atoms with Crippen molar-refractivity contribution in [1.29, 1.82) is 0 Å². The molecule has 0 heterocycles. The molecule has 0 aliphatic carbocycles. The minimum absolute atomic E-state index is 0.0206. The fraction of sp³-hybridized carbons (Fsp3) is 0.0714. The highest BCUT2D eigenvalue weighted by atomic mass is 19.1. The van der Waals surface area contributed by atoms with Crippen molar-refractivity contribution in [3.05, 3.63) is 191 Å². The molecule has 6 rings (SSSR count). The summed E-state index contributed by atoms with van der Waals surface area (Å²) in [7, 11) is 0. The SMILES string of the molecule is CC(=O)N(c1ccc(F)cc1)c1cc(C(=O)c2ccccc2)ccc1C.Cc1ccc(C(=O)c2ccccc2)cc1Nc1ccc(F)cc1. The fourth-order valence-electron chi connectivity index (χ4n) is 5.17. The summed E-state index contributed by atoms with van der Waals surface area (Å²) in [6.07, 6.45) is 0. The zero-order valence-corrected chi connectivity index (χ0v) is 27.3. The van der Waals surface area contributed by atoms with Gasteiger partial charge in [0.2, 0.25) is 5.91 Å². The van der Waals surface area contributed by atoms with Crippen LogP contribution in [0, 0.1) is 25.5 Å². The molecule has 244 valence electrons. The number of benzene rings is 6. The van der Waals surface area contributed by atoms with Crippen LogP contribution in [0.15, 0.2) is 146 Å². The lowest BCUT2D eigenvalue weighted by atomic mass is 10.0. The first kappa shape index (κ1) is 34.1. The highest BCUT2D eigenvalue weighted by molar-refractivity contribution is 6.11. The summed E-state index contributed by atoms with van der Waals surface area (Å²) in [5.74, 6) is -1.01. The van der Waals surface area contributed by atoms with Crippen molar-refractivity contribution in [3.8, 4) is 0 Å². The highest BCUT2D eigenvalue weighted by Gasteiger charge is 2.19. The number of rotatable bonds is 8. The van der Waals surface area contributed by atoms with Crippen LogP contribution in [-0.2, 0) is 4.79 Å². The lowest BCUT2D eigenvalue weighted by molar-refractivity contribution is -0.115. The first-order valence-corrected chi connectivity index (χ1v) is 15.6. The molecular formula is C42H34F2N2O3. The maximum absolute atomic E-state index is 13.2. The van der Waals surface area contributed by atoms with Crippen LogP contribution in [0.1, 0.15) is 49.9 Å². The standard InChI is InChI=1S/C22H18FNO2.C20H16FNO/c1-15-8-9-18(22(26)17-6-4-3-5-7-17)14-21(15)24(16(2)25)20-12-10-19(23)11-13-20;1-14-7-8-16(20(23)15-5-3-2-4-6-15)13-19(14)22-18-11-9-17(21)10-12-18/h3-14H,1-2H3;2-13,22H,1H3. The van der Waals surface area contributed by atoms with Crippen molar-refractivity contribution in [2.24, 2.45) is 0 Å². The van der Waals surface area contributed by atoms with E-state index < -0.39 is 0 Å². The minimum atomic E-state index is -0.373. The van der Waals surface area contributed by atoms with Gasteiger partial charge in [0, 0.05) is 46.2 Å². The van der Waals surface area contributed by atoms with Crippen LogP contribution < -0.4 is 10.2 Å². The molecule has 1 N–H and O–H groups in total. The predicted octanol–water partition coefficient (Wildman–Crippen LogP) is 10.2. The Morgan fingerprint density at radius 1 is 0.531 bits per heavy atom. The number of hydrogen-bond donors (Lipinski definition) is 1. The Morgan fingerprint density at radius 2 is 1.00 bits per heavy atom. The van der Waals surface area contributed by atoms with Gasteiger partial charge in [-0.05, 0) is 85.6 Å². The van der Waals surface area contributed by atoms with E-state index in [4.69, 9.17) is 0 Å². The van der Waals surface area contributed by atoms with Crippen LogP contribution >= 0.6 is 0 Å². The van der Waals surface area contributed by atoms with Crippen molar-refractivity contribution >= 4 is 40.2 Å². The van der Waals surface area contributed by atoms with Crippen molar-refractivity contribution in [2.75, 3.05) is 10.2 Å². The first-order chi connectivity index (χ1) is 23.6. The molecule has 0 spiro atoms. The molecule has 0 radical (unpaired) electrons. The Morgan fingerprint density at radius 3 is 1.51 bits per heavy atom. The van der Waals surface area contributed by atoms with Crippen molar-refractivity contribution in [2.45, 2.75) is 20.8 Å². The number of carbonyl (C=O) groups excluding carboxylic acids is 3. The van der Waals surface area contributed by atoms with E-state index in [-0.39, 0.29) is 29.1 Å². The third kappa shape index (κ3) is 8.58. The van der Waals surface area contributed by atoms with Crippen LogP contribution in [0.25, 0.3) is 0 Å². The van der Waals surface area contributed by atoms with Gasteiger partial charge in [-0.1, -0.05) is 84.9 Å². The van der Waals surface area contributed by atoms with Crippen molar-refractivity contribution in [3.63, 3.8) is 0 Å². The Hall–Kier alpha value is -6.21. The second-order valence-corrected chi connectivity index (χ2v) is 11.4. The molecule has 0 saturated heterocycles. The number of amides is 1. The second-order valence-electron chi connectivity index (χ2n) is 11.4. The van der Waals surface area contributed by atoms with Gasteiger partial charge in [-0.25, -0.2) is 8.78 Å². The van der Waals surface area contributed by atoms with Crippen LogP contribution in [0.5, 0.6) is 0 Å². The lowest BCUT2D eigenvalue weighted by Crippen LogP contribution is -2.24. The Balaban J connectivity index is 0.000000192. The summed E-state index contributed by atoms with van der Waals surface area (Å²) in [4.78, 5) is 39.0. The molecule has 6 aromatic rings. The summed E-state index contributed by atoms with van der Waals surface area (Å²) in [5, 5.41) is 3.23. The third-order valence-electron chi connectivity index (χ3n) is 7.81. The number of carbonyl (C=O) groups is 3. The molecule has 0 fully saturated rings. The number of hydrogen-bond acceptors (Lipinski definition) is 4. The van der Waals surface area contributed by atoms with Gasteiger partial charge in [0.1, 0.15) is 11.6 Å². The van der Waals surface area contributed by atoms with Gasteiger partial charge in [0.25, 0.3) is 0 Å². The molecule has 0 aromatic heterocycles. The molecular weight excluding hydrogens is 618 g/mol. The van der Waals surface area contributed by atoms with Gasteiger partial charge in [0.15, 0.2) is 11.6 Å². The van der Waals surface area contributed by atoms with Gasteiger partial charge in [0.05, 0.1) is 5.69 Å². The fourth-order valence-corrected chi connectivity index (χ4v) is 5.17. The number of nitrogens with one attached hydrogen (secondary N) is 1. The molecule has 7 heteroatoms. The van der Waals surface area contributed by atoms with E-state index in [1.807, 2.05) is 74.5 Å². The third-order valence-corrected chi connectivity index (χ3v) is 7.81. The van der Waals surface area contributed by atoms with E-state index in [2.05, 4.69) is 5.32 Å². The van der Waals surface area contributed by atoms with E-state index in [1.165, 1.54) is 36.1 Å². The molecule has 49 heavy (non-hydrogen) atoms. The molecule has 6 aromatic carbocycles. The summed E-state index contributed by atoms with van der Waals surface area (Å²) < 4.78 is 26.2. The van der Waals surface area contributed by atoms with Crippen molar-refractivity contribution in [1.82, 2.24) is 0 Å². The quantitative estimate of drug-likeness (QED) is 0.166. The Kier molecular flexibility index (Phi) is 10.9. The zero-order valence-electron chi connectivity index (χ0n) is 27.3. The first-order valence-electron chi connectivity index (χ1n) is 15.6. The number of nitrogens with zero attached hydrogens (tertiary/aromatic N) is 1. The van der Waals surface area contributed by atoms with Crippen LogP contribution in [0.2, 0.25) is 0 Å². The average Bonchev–Trinajstić information content (AvgIpc) is 3.12. The molecule has 5 nitrogen and oxygen atoms in total. The number of ketones is 2. The topological polar surface area (TPSA) is 66.5 Å². The highest BCUT2D eigenvalue weighted by Crippen LogP contribution is 2.31. The Bertz CT molecular complexity index is 2080. The van der Waals surface area contributed by atoms with Gasteiger partial charge >= 0.3 is 0 Å². The number of aryl methyl sites for hydroxylation is 2. The van der Waals surface area contributed by atoms with Gasteiger partial charge in [-0.2, -0.15) is 0 Å². The molecule has 1 amide bonds. The maximum Gasteiger partial charge on any atom is 0.228 e. The smallest absolute Gasteiger partial charge is 0.228 e. The Labute approximate surface area is 284 Å². The monoisotopic (exact) mass is 652 g/mol. The van der Waals surface area contributed by atoms with Gasteiger partial charge < -0.3 is 5.32 Å². The number of anilines is 4. The second kappa shape index (κ2) is 15.6. The van der Waals surface area contributed by atoms with E-state index in [1.54, 1.807) is 60.7 Å². The summed E-state index contributed by atoms with van der Waals surface area (Å²) >= 11 is 0. The predicted molar refractivity (Wildman–Crippen MR) is 191 cm³/mol. The van der Waals surface area contributed by atoms with E-state index in [0.717, 1.165) is 22.5 Å². The maximum atomic E-state index is 13.2. The van der Waals surface area contributed by atoms with Crippen LogP contribution in [0.4, 0.5) is 31.5 Å².